The summed E-state index contributed by atoms with van der Waals surface area (Å²) in [7, 11) is 0. The monoisotopic (exact) mass is 424 g/mol. The summed E-state index contributed by atoms with van der Waals surface area (Å²) >= 11 is 9.26. The predicted molar refractivity (Wildman–Crippen MR) is 103 cm³/mol. The summed E-state index contributed by atoms with van der Waals surface area (Å²) < 4.78 is 14.4. The van der Waals surface area contributed by atoms with Crippen LogP contribution in [0.1, 0.15) is 11.1 Å². The molecular weight excluding hydrogens is 407 g/mol. The molecule has 2 aromatic carbocycles. The fourth-order valence-corrected chi connectivity index (χ4v) is 3.65. The molecule has 25 heavy (non-hydrogen) atoms. The predicted octanol–water partition coefficient (Wildman–Crippen LogP) is 4.44. The van der Waals surface area contributed by atoms with Gasteiger partial charge in [0.1, 0.15) is 5.82 Å². The smallest absolute Gasteiger partial charge is 0.227 e. The number of carbonyl (C=O) groups excluding carboxylic acids is 1. The van der Waals surface area contributed by atoms with Crippen molar-refractivity contribution in [2.24, 2.45) is 0 Å². The van der Waals surface area contributed by atoms with Gasteiger partial charge >= 0.3 is 0 Å². The molecule has 0 aliphatic carbocycles. The van der Waals surface area contributed by atoms with E-state index >= 15 is 0 Å². The average Bonchev–Trinajstić information content (AvgIpc) is 2.61. The fourth-order valence-electron chi connectivity index (χ4n) is 3.08. The minimum atomic E-state index is -0.357. The lowest BCUT2D eigenvalue weighted by Crippen LogP contribution is -2.49. The van der Waals surface area contributed by atoms with Crippen molar-refractivity contribution >= 4 is 39.1 Å². The van der Waals surface area contributed by atoms with Gasteiger partial charge in [-0.25, -0.2) is 4.39 Å². The van der Waals surface area contributed by atoms with Crippen molar-refractivity contribution in [3.8, 4) is 0 Å². The van der Waals surface area contributed by atoms with Gasteiger partial charge in [0, 0.05) is 36.9 Å². The van der Waals surface area contributed by atoms with E-state index in [1.807, 2.05) is 18.2 Å². The van der Waals surface area contributed by atoms with Crippen molar-refractivity contribution in [3.63, 3.8) is 0 Å². The second-order valence-corrected chi connectivity index (χ2v) is 7.48. The quantitative estimate of drug-likeness (QED) is 0.726. The van der Waals surface area contributed by atoms with E-state index in [1.165, 1.54) is 5.56 Å². The molecular formula is C19H19BrClFN2O. The Morgan fingerprint density at radius 3 is 2.64 bits per heavy atom. The summed E-state index contributed by atoms with van der Waals surface area (Å²) in [6.45, 7) is 4.79. The molecule has 1 fully saturated rings. The van der Waals surface area contributed by atoms with Gasteiger partial charge in [-0.05, 0) is 52.2 Å². The van der Waals surface area contributed by atoms with E-state index < -0.39 is 0 Å². The zero-order valence-electron chi connectivity index (χ0n) is 13.9. The van der Waals surface area contributed by atoms with Crippen LogP contribution in [0, 0.1) is 12.7 Å². The highest BCUT2D eigenvalue weighted by Gasteiger charge is 2.23. The number of nitrogens with zero attached hydrogens (tertiary/aromatic N) is 2. The topological polar surface area (TPSA) is 23.6 Å². The summed E-state index contributed by atoms with van der Waals surface area (Å²) in [4.78, 5) is 16.5. The second-order valence-electron chi connectivity index (χ2n) is 6.19. The lowest BCUT2D eigenvalue weighted by Gasteiger charge is -2.37. The van der Waals surface area contributed by atoms with E-state index in [0.29, 0.717) is 28.1 Å². The maximum atomic E-state index is 14.1. The molecule has 1 heterocycles. The second kappa shape index (κ2) is 7.75. The van der Waals surface area contributed by atoms with Crippen molar-refractivity contribution in [2.45, 2.75) is 13.3 Å². The van der Waals surface area contributed by atoms with E-state index in [1.54, 1.807) is 23.1 Å². The molecule has 0 unspecified atom stereocenters. The Bertz CT molecular complexity index is 791. The number of piperazine rings is 1. The molecule has 3 nitrogen and oxygen atoms in total. The van der Waals surface area contributed by atoms with Crippen LogP contribution >= 0.6 is 27.5 Å². The first-order valence-electron chi connectivity index (χ1n) is 8.17. The van der Waals surface area contributed by atoms with Gasteiger partial charge in [-0.2, -0.15) is 0 Å². The molecule has 0 aromatic heterocycles. The molecule has 132 valence electrons. The van der Waals surface area contributed by atoms with Crippen LogP contribution in [0.5, 0.6) is 0 Å². The third-order valence-electron chi connectivity index (χ3n) is 4.52. The van der Waals surface area contributed by atoms with Crippen molar-refractivity contribution in [3.05, 3.63) is 62.8 Å². The first kappa shape index (κ1) is 18.2. The minimum absolute atomic E-state index is 0.0422. The molecule has 3 rings (SSSR count). The molecule has 1 aliphatic heterocycles. The van der Waals surface area contributed by atoms with Crippen molar-refractivity contribution in [1.82, 2.24) is 4.90 Å². The highest BCUT2D eigenvalue weighted by Crippen LogP contribution is 2.25. The van der Waals surface area contributed by atoms with Crippen molar-refractivity contribution in [2.75, 3.05) is 31.1 Å². The maximum Gasteiger partial charge on any atom is 0.227 e. The molecule has 0 atom stereocenters. The van der Waals surface area contributed by atoms with Crippen LogP contribution in [0.25, 0.3) is 0 Å². The fraction of sp³-hybridized carbons (Fsp3) is 0.316. The Morgan fingerprint density at radius 2 is 1.92 bits per heavy atom. The number of halogens is 3. The van der Waals surface area contributed by atoms with Gasteiger partial charge < -0.3 is 9.80 Å². The van der Waals surface area contributed by atoms with Gasteiger partial charge in [0.2, 0.25) is 5.91 Å². The van der Waals surface area contributed by atoms with Gasteiger partial charge in [0.05, 0.1) is 10.9 Å². The molecule has 0 spiro atoms. The van der Waals surface area contributed by atoms with Crippen LogP contribution in [-0.2, 0) is 11.2 Å². The van der Waals surface area contributed by atoms with Crippen LogP contribution in [0.4, 0.5) is 10.1 Å². The molecule has 0 saturated carbocycles. The largest absolute Gasteiger partial charge is 0.368 e. The van der Waals surface area contributed by atoms with Crippen LogP contribution in [-0.4, -0.2) is 37.0 Å². The lowest BCUT2D eigenvalue weighted by molar-refractivity contribution is -0.130. The molecule has 1 saturated heterocycles. The van der Waals surface area contributed by atoms with Crippen molar-refractivity contribution in [1.29, 1.82) is 0 Å². The van der Waals surface area contributed by atoms with E-state index in [0.717, 1.165) is 18.8 Å². The first-order chi connectivity index (χ1) is 12.0. The first-order valence-corrected chi connectivity index (χ1v) is 9.34. The number of carbonyl (C=O) groups is 1. The van der Waals surface area contributed by atoms with Crippen LogP contribution < -0.4 is 4.90 Å². The third kappa shape index (κ3) is 4.15. The Balaban J connectivity index is 1.63. The number of amides is 1. The Kier molecular flexibility index (Phi) is 5.64. The van der Waals surface area contributed by atoms with Gasteiger partial charge in [-0.1, -0.05) is 29.8 Å². The Labute approximate surface area is 160 Å². The van der Waals surface area contributed by atoms with Crippen LogP contribution in [0.15, 0.2) is 40.9 Å². The van der Waals surface area contributed by atoms with E-state index in [4.69, 9.17) is 11.6 Å². The molecule has 0 N–H and O–H groups in total. The average molecular weight is 426 g/mol. The molecule has 2 aromatic rings. The Morgan fingerprint density at radius 1 is 1.20 bits per heavy atom. The highest BCUT2D eigenvalue weighted by atomic mass is 79.9. The maximum absolute atomic E-state index is 14.1. The van der Waals surface area contributed by atoms with Gasteiger partial charge in [-0.15, -0.1) is 0 Å². The molecule has 0 bridgehead atoms. The number of anilines is 1. The SMILES string of the molecule is Cc1ccc(Cl)cc1N1CCN(C(=O)Cc2cccc(Br)c2F)CC1. The summed E-state index contributed by atoms with van der Waals surface area (Å²) in [6.07, 6.45) is 0.0848. The molecule has 1 amide bonds. The van der Waals surface area contributed by atoms with E-state index in [9.17, 15) is 9.18 Å². The standard InChI is InChI=1S/C19H19BrClFN2O/c1-13-5-6-15(21)12-17(13)23-7-9-24(10-8-23)18(25)11-14-3-2-4-16(20)19(14)22/h2-6,12H,7-11H2,1H3. The summed E-state index contributed by atoms with van der Waals surface area (Å²) in [5.41, 5.74) is 2.70. The minimum Gasteiger partial charge on any atom is -0.368 e. The van der Waals surface area contributed by atoms with Gasteiger partial charge in [0.15, 0.2) is 0 Å². The summed E-state index contributed by atoms with van der Waals surface area (Å²) in [5, 5.41) is 0.712. The normalized spacial score (nSPS) is 14.7. The number of rotatable bonds is 3. The molecule has 1 aliphatic rings. The van der Waals surface area contributed by atoms with Crippen LogP contribution in [0.2, 0.25) is 5.02 Å². The lowest BCUT2D eigenvalue weighted by atomic mass is 10.1. The number of aryl methyl sites for hydroxylation is 1. The van der Waals surface area contributed by atoms with E-state index in [2.05, 4.69) is 27.8 Å². The van der Waals surface area contributed by atoms with Crippen LogP contribution in [0.3, 0.4) is 0 Å². The highest BCUT2D eigenvalue weighted by molar-refractivity contribution is 9.10. The number of benzene rings is 2. The number of hydrogen-bond donors (Lipinski definition) is 0. The Hall–Kier alpha value is -1.59. The number of hydrogen-bond acceptors (Lipinski definition) is 2. The van der Waals surface area contributed by atoms with Gasteiger partial charge in [-0.3, -0.25) is 4.79 Å². The van der Waals surface area contributed by atoms with Gasteiger partial charge in [0.25, 0.3) is 0 Å². The molecule has 6 heteroatoms. The van der Waals surface area contributed by atoms with Crippen molar-refractivity contribution < 1.29 is 9.18 Å². The zero-order chi connectivity index (χ0) is 18.0. The van der Waals surface area contributed by atoms with E-state index in [-0.39, 0.29) is 18.1 Å². The molecule has 0 radical (unpaired) electrons. The summed E-state index contributed by atoms with van der Waals surface area (Å²) in [5.74, 6) is -0.400. The third-order valence-corrected chi connectivity index (χ3v) is 5.37. The zero-order valence-corrected chi connectivity index (χ0v) is 16.3. The summed E-state index contributed by atoms with van der Waals surface area (Å²) in [6, 6.07) is 10.9.